The first-order chi connectivity index (χ1) is 17.1. The fraction of sp³-hybridized carbons (Fsp3) is 0.560. The van der Waals surface area contributed by atoms with Crippen molar-refractivity contribution in [3.05, 3.63) is 35.4 Å². The van der Waals surface area contributed by atoms with E-state index < -0.39 is 60.4 Å². The summed E-state index contributed by atoms with van der Waals surface area (Å²) >= 11 is 0. The van der Waals surface area contributed by atoms with Gasteiger partial charge in [-0.3, -0.25) is 28.9 Å². The van der Waals surface area contributed by atoms with Crippen molar-refractivity contribution in [3.63, 3.8) is 0 Å². The lowest BCUT2D eigenvalue weighted by molar-refractivity contribution is -0.286. The Balaban J connectivity index is 2.05. The summed E-state index contributed by atoms with van der Waals surface area (Å²) in [5, 5.41) is 0. The van der Waals surface area contributed by atoms with Gasteiger partial charge in [-0.2, -0.15) is 0 Å². The smallest absolute Gasteiger partial charge is 0.303 e. The number of ether oxygens (including phenoxy) is 5. The van der Waals surface area contributed by atoms with Crippen LogP contribution in [0.25, 0.3) is 0 Å². The maximum Gasteiger partial charge on any atom is 0.303 e. The molecule has 196 valence electrons. The van der Waals surface area contributed by atoms with Gasteiger partial charge in [0, 0.05) is 27.4 Å². The zero-order valence-electron chi connectivity index (χ0n) is 20.8. The van der Waals surface area contributed by atoms with Crippen molar-refractivity contribution in [1.29, 1.82) is 0 Å². The predicted molar refractivity (Wildman–Crippen MR) is 123 cm³/mol. The number of benzene rings is 1. The van der Waals surface area contributed by atoms with Crippen molar-refractivity contribution in [1.82, 2.24) is 4.90 Å². The van der Waals surface area contributed by atoms with Crippen molar-refractivity contribution in [2.75, 3.05) is 13.2 Å². The molecule has 36 heavy (non-hydrogen) atoms. The lowest BCUT2D eigenvalue weighted by Gasteiger charge is -2.47. The summed E-state index contributed by atoms with van der Waals surface area (Å²) in [5.41, 5.74) is 0.361. The van der Waals surface area contributed by atoms with Crippen LogP contribution in [-0.2, 0) is 38.1 Å². The van der Waals surface area contributed by atoms with Crippen LogP contribution in [0.2, 0.25) is 0 Å². The van der Waals surface area contributed by atoms with Crippen LogP contribution in [0.15, 0.2) is 24.3 Å². The lowest BCUT2D eigenvalue weighted by atomic mass is 9.94. The van der Waals surface area contributed by atoms with E-state index in [2.05, 4.69) is 0 Å². The number of carbonyl (C=O) groups excluding carboxylic acids is 5. The second-order valence-electron chi connectivity index (χ2n) is 8.59. The molecular weight excluding hydrogens is 474 g/mol. The molecule has 0 unspecified atom stereocenters. The van der Waals surface area contributed by atoms with Crippen LogP contribution in [0.5, 0.6) is 0 Å². The number of imide groups is 1. The Morgan fingerprint density at radius 2 is 1.47 bits per heavy atom. The van der Waals surface area contributed by atoms with Gasteiger partial charge in [0.05, 0.1) is 11.1 Å². The highest BCUT2D eigenvalue weighted by atomic mass is 16.7. The van der Waals surface area contributed by atoms with E-state index in [1.807, 2.05) is 6.92 Å². The standard InChI is InChI=1S/C25H31NO10/c1-5-6-9-12-32-25-20(26-23(30)17-10-7-8-11-18(17)24(26)31)22(35-16(4)29)21(34-15(3)28)19(36-25)13-33-14(2)27/h7-8,10-11,19-22,25H,5-6,9,12-13H2,1-4H3/t19-,20-,21-,22-,25-/m1/s1. The van der Waals surface area contributed by atoms with Crippen molar-refractivity contribution >= 4 is 29.7 Å². The highest BCUT2D eigenvalue weighted by Gasteiger charge is 2.57. The highest BCUT2D eigenvalue weighted by molar-refractivity contribution is 6.21. The Labute approximate surface area is 208 Å². The first-order valence-electron chi connectivity index (χ1n) is 11.9. The van der Waals surface area contributed by atoms with Crippen LogP contribution in [0.4, 0.5) is 0 Å². The predicted octanol–water partition coefficient (Wildman–Crippen LogP) is 2.01. The lowest BCUT2D eigenvalue weighted by Crippen LogP contribution is -2.67. The van der Waals surface area contributed by atoms with Gasteiger partial charge in [0.2, 0.25) is 0 Å². The molecule has 0 bridgehead atoms. The Hall–Kier alpha value is -3.31. The molecule has 1 saturated heterocycles. The molecule has 0 radical (unpaired) electrons. The summed E-state index contributed by atoms with van der Waals surface area (Å²) in [7, 11) is 0. The molecule has 11 heteroatoms. The molecule has 2 heterocycles. The molecule has 1 fully saturated rings. The summed E-state index contributed by atoms with van der Waals surface area (Å²) in [6.07, 6.45) is -2.52. The number of hydrogen-bond donors (Lipinski definition) is 0. The minimum atomic E-state index is -1.35. The van der Waals surface area contributed by atoms with E-state index in [0.717, 1.165) is 31.6 Å². The largest absolute Gasteiger partial charge is 0.463 e. The van der Waals surface area contributed by atoms with Crippen LogP contribution in [0, 0.1) is 0 Å². The van der Waals surface area contributed by atoms with Crippen LogP contribution in [-0.4, -0.2) is 78.5 Å². The van der Waals surface area contributed by atoms with E-state index in [1.54, 1.807) is 12.1 Å². The van der Waals surface area contributed by atoms with E-state index >= 15 is 0 Å². The van der Waals surface area contributed by atoms with Crippen molar-refractivity contribution in [3.8, 4) is 0 Å². The van der Waals surface area contributed by atoms with Crippen LogP contribution < -0.4 is 0 Å². The van der Waals surface area contributed by atoms with Crippen LogP contribution >= 0.6 is 0 Å². The van der Waals surface area contributed by atoms with E-state index in [1.165, 1.54) is 19.1 Å². The van der Waals surface area contributed by atoms with Gasteiger partial charge >= 0.3 is 17.9 Å². The van der Waals surface area contributed by atoms with Crippen LogP contribution in [0.1, 0.15) is 67.7 Å². The molecule has 1 aromatic carbocycles. The third-order valence-electron chi connectivity index (χ3n) is 5.82. The van der Waals surface area contributed by atoms with Crippen molar-refractivity contribution in [2.24, 2.45) is 0 Å². The fourth-order valence-electron chi connectivity index (χ4n) is 4.32. The number of amides is 2. The molecule has 2 aliphatic rings. The summed E-state index contributed by atoms with van der Waals surface area (Å²) in [4.78, 5) is 63.3. The van der Waals surface area contributed by atoms with Gasteiger partial charge in [0.15, 0.2) is 18.5 Å². The zero-order chi connectivity index (χ0) is 26.4. The first kappa shape index (κ1) is 27.3. The topological polar surface area (TPSA) is 135 Å². The molecule has 0 saturated carbocycles. The molecule has 0 aliphatic carbocycles. The SMILES string of the molecule is CCCCCO[C@@H]1O[C@H](COC(C)=O)[C@@H](OC(C)=O)[C@H](OC(C)=O)[C@H]1N1C(=O)c2ccccc2C1=O. The van der Waals surface area contributed by atoms with Gasteiger partial charge < -0.3 is 23.7 Å². The maximum absolute atomic E-state index is 13.4. The van der Waals surface area contributed by atoms with E-state index in [-0.39, 0.29) is 24.3 Å². The molecule has 5 atom stereocenters. The maximum atomic E-state index is 13.4. The molecular formula is C25H31NO10. The number of rotatable bonds is 10. The molecule has 11 nitrogen and oxygen atoms in total. The fourth-order valence-corrected chi connectivity index (χ4v) is 4.32. The Morgan fingerprint density at radius 3 is 2.00 bits per heavy atom. The van der Waals surface area contributed by atoms with Crippen molar-refractivity contribution < 1.29 is 47.7 Å². The minimum absolute atomic E-state index is 0.180. The Bertz CT molecular complexity index is 973. The molecule has 2 amide bonds. The zero-order valence-corrected chi connectivity index (χ0v) is 20.8. The number of unbranched alkanes of at least 4 members (excludes halogenated alkanes) is 2. The summed E-state index contributed by atoms with van der Waals surface area (Å²) < 4.78 is 28.1. The van der Waals surface area contributed by atoms with Crippen molar-refractivity contribution in [2.45, 2.75) is 77.6 Å². The van der Waals surface area contributed by atoms with Crippen LogP contribution in [0.3, 0.4) is 0 Å². The second-order valence-corrected chi connectivity index (χ2v) is 8.59. The number of nitrogens with zero attached hydrogens (tertiary/aromatic N) is 1. The van der Waals surface area contributed by atoms with E-state index in [0.29, 0.717) is 6.42 Å². The minimum Gasteiger partial charge on any atom is -0.463 e. The summed E-state index contributed by atoms with van der Waals surface area (Å²) in [5.74, 6) is -3.31. The quantitative estimate of drug-likeness (QED) is 0.201. The average Bonchev–Trinajstić information content (AvgIpc) is 3.06. The summed E-state index contributed by atoms with van der Waals surface area (Å²) in [6, 6.07) is 5.02. The molecule has 0 N–H and O–H groups in total. The molecule has 0 aromatic heterocycles. The Kier molecular flexibility index (Phi) is 9.16. The monoisotopic (exact) mass is 505 g/mol. The van der Waals surface area contributed by atoms with E-state index in [9.17, 15) is 24.0 Å². The van der Waals surface area contributed by atoms with Gasteiger partial charge in [-0.05, 0) is 18.6 Å². The first-order valence-corrected chi connectivity index (χ1v) is 11.9. The summed E-state index contributed by atoms with van der Waals surface area (Å²) in [6.45, 7) is 5.41. The molecule has 3 rings (SSSR count). The number of esters is 3. The van der Waals surface area contributed by atoms with Gasteiger partial charge in [-0.25, -0.2) is 0 Å². The number of hydrogen-bond acceptors (Lipinski definition) is 10. The highest BCUT2D eigenvalue weighted by Crippen LogP contribution is 2.35. The second kappa shape index (κ2) is 12.1. The molecule has 1 aromatic rings. The normalized spacial score (nSPS) is 25.3. The Morgan fingerprint density at radius 1 is 0.889 bits per heavy atom. The van der Waals surface area contributed by atoms with E-state index in [4.69, 9.17) is 23.7 Å². The molecule has 2 aliphatic heterocycles. The van der Waals surface area contributed by atoms with Gasteiger partial charge in [-0.1, -0.05) is 31.9 Å². The number of carbonyl (C=O) groups is 5. The third kappa shape index (κ3) is 6.08. The number of fused-ring (bicyclic) bond motifs is 1. The average molecular weight is 506 g/mol. The van der Waals surface area contributed by atoms with Gasteiger partial charge in [0.1, 0.15) is 18.8 Å². The van der Waals surface area contributed by atoms with Gasteiger partial charge in [-0.15, -0.1) is 0 Å². The van der Waals surface area contributed by atoms with Gasteiger partial charge in [0.25, 0.3) is 11.8 Å². The molecule has 0 spiro atoms. The third-order valence-corrected chi connectivity index (χ3v) is 5.82.